The van der Waals surface area contributed by atoms with Gasteiger partial charge in [-0.3, -0.25) is 14.6 Å². The van der Waals surface area contributed by atoms with Gasteiger partial charge < -0.3 is 9.47 Å². The molecule has 1 heterocycles. The highest BCUT2D eigenvalue weighted by Gasteiger charge is 2.34. The fourth-order valence-corrected chi connectivity index (χ4v) is 2.00. The van der Waals surface area contributed by atoms with Crippen LogP contribution < -0.4 is 0 Å². The van der Waals surface area contributed by atoms with Gasteiger partial charge in [0, 0.05) is 10.7 Å². The first-order chi connectivity index (χ1) is 9.02. The molecule has 0 saturated heterocycles. The van der Waals surface area contributed by atoms with Crippen molar-refractivity contribution in [3.05, 3.63) is 28.0 Å². The van der Waals surface area contributed by atoms with Gasteiger partial charge in [0.05, 0.1) is 18.9 Å². The lowest BCUT2D eigenvalue weighted by Gasteiger charge is -2.15. The van der Waals surface area contributed by atoms with E-state index in [0.717, 1.165) is 5.56 Å². The van der Waals surface area contributed by atoms with Gasteiger partial charge >= 0.3 is 11.9 Å². The molecule has 0 atom stereocenters. The average Bonchev–Trinajstić information content (AvgIpc) is 2.35. The predicted molar refractivity (Wildman–Crippen MR) is 72.7 cm³/mol. The number of carbonyl (C=O) groups excluding carboxylic acids is 2. The minimum atomic E-state index is -1.16. The highest BCUT2D eigenvalue weighted by atomic mass is 79.9. The lowest BCUT2D eigenvalue weighted by Crippen LogP contribution is -2.27. The molecule has 0 radical (unpaired) electrons. The number of pyridine rings is 1. The molecule has 19 heavy (non-hydrogen) atoms. The summed E-state index contributed by atoms with van der Waals surface area (Å²) in [5.41, 5.74) is 1.19. The van der Waals surface area contributed by atoms with Gasteiger partial charge in [0.15, 0.2) is 5.92 Å². The molecule has 0 amide bonds. The van der Waals surface area contributed by atoms with Gasteiger partial charge in [0.1, 0.15) is 0 Å². The van der Waals surface area contributed by atoms with E-state index in [1.807, 2.05) is 6.92 Å². The Labute approximate surface area is 120 Å². The van der Waals surface area contributed by atoms with Gasteiger partial charge in [-0.15, -0.1) is 0 Å². The van der Waals surface area contributed by atoms with Crippen LogP contribution in [0.4, 0.5) is 0 Å². The lowest BCUT2D eigenvalue weighted by atomic mass is 10.0. The molecule has 5 nitrogen and oxygen atoms in total. The van der Waals surface area contributed by atoms with Gasteiger partial charge in [-0.25, -0.2) is 0 Å². The number of aryl methyl sites for hydroxylation is 1. The van der Waals surface area contributed by atoms with Crippen molar-refractivity contribution in [3.63, 3.8) is 0 Å². The van der Waals surface area contributed by atoms with Gasteiger partial charge in [-0.2, -0.15) is 0 Å². The number of rotatable bonds is 5. The largest absolute Gasteiger partial charge is 0.465 e. The molecular formula is C13H16BrNO4. The third-order valence-electron chi connectivity index (χ3n) is 2.43. The van der Waals surface area contributed by atoms with Crippen LogP contribution in [0.5, 0.6) is 0 Å². The molecule has 0 bridgehead atoms. The number of halogens is 1. The third kappa shape index (κ3) is 3.76. The molecule has 0 aliphatic rings. The summed E-state index contributed by atoms with van der Waals surface area (Å²) in [7, 11) is 0. The van der Waals surface area contributed by atoms with Crippen molar-refractivity contribution in [2.24, 2.45) is 0 Å². The van der Waals surface area contributed by atoms with Crippen molar-refractivity contribution in [2.75, 3.05) is 13.2 Å². The smallest absolute Gasteiger partial charge is 0.326 e. The molecule has 0 unspecified atom stereocenters. The van der Waals surface area contributed by atoms with Gasteiger partial charge in [-0.05, 0) is 48.3 Å². The lowest BCUT2D eigenvalue weighted by molar-refractivity contribution is -0.157. The SMILES string of the molecule is CCOC(=O)C(C(=O)OCC)c1nccc(C)c1Br. The summed E-state index contributed by atoms with van der Waals surface area (Å²) in [6, 6.07) is 1.78. The molecule has 0 aromatic carbocycles. The molecule has 0 saturated carbocycles. The van der Waals surface area contributed by atoms with Crippen LogP contribution in [-0.2, 0) is 19.1 Å². The van der Waals surface area contributed by atoms with Crippen LogP contribution in [0.2, 0.25) is 0 Å². The van der Waals surface area contributed by atoms with Crippen LogP contribution in [0.3, 0.4) is 0 Å². The number of esters is 2. The second-order valence-electron chi connectivity index (χ2n) is 3.76. The van der Waals surface area contributed by atoms with E-state index in [0.29, 0.717) is 10.2 Å². The van der Waals surface area contributed by atoms with E-state index in [1.54, 1.807) is 26.1 Å². The molecule has 6 heteroatoms. The van der Waals surface area contributed by atoms with Crippen molar-refractivity contribution in [2.45, 2.75) is 26.7 Å². The third-order valence-corrected chi connectivity index (χ3v) is 3.46. The normalized spacial score (nSPS) is 10.4. The number of carbonyl (C=O) groups is 2. The summed E-state index contributed by atoms with van der Waals surface area (Å²) in [5, 5.41) is 0. The second-order valence-corrected chi connectivity index (χ2v) is 4.56. The van der Waals surface area contributed by atoms with Crippen molar-refractivity contribution in [3.8, 4) is 0 Å². The quantitative estimate of drug-likeness (QED) is 0.612. The molecule has 1 rings (SSSR count). The van der Waals surface area contributed by atoms with Gasteiger partial charge in [-0.1, -0.05) is 0 Å². The summed E-state index contributed by atoms with van der Waals surface area (Å²) < 4.78 is 10.5. The Hall–Kier alpha value is -1.43. The van der Waals surface area contributed by atoms with E-state index in [1.165, 1.54) is 0 Å². The number of aromatic nitrogens is 1. The van der Waals surface area contributed by atoms with Crippen LogP contribution >= 0.6 is 15.9 Å². The highest BCUT2D eigenvalue weighted by molar-refractivity contribution is 9.10. The summed E-state index contributed by atoms with van der Waals surface area (Å²) in [5.74, 6) is -2.46. The standard InChI is InChI=1S/C13H16BrNO4/c1-4-18-12(16)9(13(17)19-5-2)11-10(14)8(3)6-7-15-11/h6-7,9H,4-5H2,1-3H3. The van der Waals surface area contributed by atoms with E-state index in [2.05, 4.69) is 20.9 Å². The second kappa shape index (κ2) is 7.23. The maximum atomic E-state index is 11.9. The molecule has 104 valence electrons. The number of hydrogen-bond acceptors (Lipinski definition) is 5. The van der Waals surface area contributed by atoms with Crippen LogP contribution in [0.15, 0.2) is 16.7 Å². The van der Waals surface area contributed by atoms with Crippen LogP contribution in [-0.4, -0.2) is 30.1 Å². The van der Waals surface area contributed by atoms with Crippen molar-refractivity contribution >= 4 is 27.9 Å². The first-order valence-corrected chi connectivity index (χ1v) is 6.76. The summed E-state index contributed by atoms with van der Waals surface area (Å²) >= 11 is 3.34. The maximum Gasteiger partial charge on any atom is 0.326 e. The zero-order valence-corrected chi connectivity index (χ0v) is 12.7. The first kappa shape index (κ1) is 15.6. The minimum absolute atomic E-state index is 0.193. The molecule has 0 spiro atoms. The molecular weight excluding hydrogens is 314 g/mol. The minimum Gasteiger partial charge on any atom is -0.465 e. The zero-order valence-electron chi connectivity index (χ0n) is 11.1. The zero-order chi connectivity index (χ0) is 14.4. The fourth-order valence-electron chi connectivity index (χ4n) is 1.53. The van der Waals surface area contributed by atoms with E-state index in [9.17, 15) is 9.59 Å². The molecule has 1 aromatic heterocycles. The van der Waals surface area contributed by atoms with Crippen molar-refractivity contribution < 1.29 is 19.1 Å². The van der Waals surface area contributed by atoms with Crippen molar-refractivity contribution in [1.29, 1.82) is 0 Å². The van der Waals surface area contributed by atoms with Crippen molar-refractivity contribution in [1.82, 2.24) is 4.98 Å². The summed E-state index contributed by atoms with van der Waals surface area (Å²) in [6.07, 6.45) is 1.54. The molecule has 1 aromatic rings. The summed E-state index contributed by atoms with van der Waals surface area (Å²) in [6.45, 7) is 5.59. The van der Waals surface area contributed by atoms with Crippen LogP contribution in [0, 0.1) is 6.92 Å². The predicted octanol–water partition coefficient (Wildman–Crippen LogP) is 2.36. The van der Waals surface area contributed by atoms with Gasteiger partial charge in [0.2, 0.25) is 0 Å². The number of nitrogens with zero attached hydrogens (tertiary/aromatic N) is 1. The molecule has 0 N–H and O–H groups in total. The van der Waals surface area contributed by atoms with Crippen LogP contribution in [0.25, 0.3) is 0 Å². The van der Waals surface area contributed by atoms with E-state index in [4.69, 9.17) is 9.47 Å². The Morgan fingerprint density at radius 3 is 2.26 bits per heavy atom. The fraction of sp³-hybridized carbons (Fsp3) is 0.462. The highest BCUT2D eigenvalue weighted by Crippen LogP contribution is 2.27. The van der Waals surface area contributed by atoms with Gasteiger partial charge in [0.25, 0.3) is 0 Å². The Kier molecular flexibility index (Phi) is 5.95. The molecule has 0 aliphatic carbocycles. The molecule has 0 aliphatic heterocycles. The average molecular weight is 330 g/mol. The van der Waals surface area contributed by atoms with Crippen LogP contribution in [0.1, 0.15) is 31.0 Å². The Morgan fingerprint density at radius 1 is 1.26 bits per heavy atom. The Morgan fingerprint density at radius 2 is 1.79 bits per heavy atom. The Balaban J connectivity index is 3.19. The Bertz CT molecular complexity index is 458. The monoisotopic (exact) mass is 329 g/mol. The topological polar surface area (TPSA) is 65.5 Å². The maximum absolute atomic E-state index is 11.9. The summed E-state index contributed by atoms with van der Waals surface area (Å²) in [4.78, 5) is 28.0. The van der Waals surface area contributed by atoms with E-state index in [-0.39, 0.29) is 13.2 Å². The number of ether oxygens (including phenoxy) is 2. The van der Waals surface area contributed by atoms with E-state index >= 15 is 0 Å². The van der Waals surface area contributed by atoms with E-state index < -0.39 is 17.9 Å². The number of hydrogen-bond donors (Lipinski definition) is 0. The first-order valence-electron chi connectivity index (χ1n) is 5.97. The molecule has 0 fully saturated rings.